The van der Waals surface area contributed by atoms with Crippen LogP contribution < -0.4 is 9.62 Å². The summed E-state index contributed by atoms with van der Waals surface area (Å²) in [5.41, 5.74) is 2.07. The van der Waals surface area contributed by atoms with E-state index in [0.29, 0.717) is 16.8 Å². The monoisotopic (exact) mass is 571 g/mol. The van der Waals surface area contributed by atoms with Crippen LogP contribution in [0, 0.1) is 10.1 Å². The number of anilines is 2. The molecule has 1 amide bonds. The zero-order chi connectivity index (χ0) is 29.8. The second kappa shape index (κ2) is 11.7. The van der Waals surface area contributed by atoms with Gasteiger partial charge in [0.05, 0.1) is 15.5 Å². The lowest BCUT2D eigenvalue weighted by Gasteiger charge is -2.24. The molecule has 4 aromatic rings. The predicted molar refractivity (Wildman–Crippen MR) is 158 cm³/mol. The third kappa shape index (κ3) is 6.85. The molecule has 0 fully saturated rings. The molecule has 0 saturated carbocycles. The lowest BCUT2D eigenvalue weighted by Crippen LogP contribution is -2.38. The van der Waals surface area contributed by atoms with E-state index in [0.717, 1.165) is 9.87 Å². The van der Waals surface area contributed by atoms with Gasteiger partial charge in [-0.05, 0) is 47.4 Å². The smallest absolute Gasteiger partial charge is 0.269 e. The number of amides is 1. The number of carbonyl (C=O) groups excluding carboxylic acids is 2. The van der Waals surface area contributed by atoms with Gasteiger partial charge in [-0.15, -0.1) is 0 Å². The number of rotatable bonds is 9. The van der Waals surface area contributed by atoms with Crippen LogP contribution in [0.3, 0.4) is 0 Å². The Kier molecular flexibility index (Phi) is 8.34. The van der Waals surface area contributed by atoms with Gasteiger partial charge in [-0.25, -0.2) is 8.42 Å². The van der Waals surface area contributed by atoms with Gasteiger partial charge in [0.15, 0.2) is 5.78 Å². The predicted octanol–water partition coefficient (Wildman–Crippen LogP) is 5.96. The summed E-state index contributed by atoms with van der Waals surface area (Å²) in [5.74, 6) is -0.886. The van der Waals surface area contributed by atoms with Crippen LogP contribution in [-0.2, 0) is 20.2 Å². The molecule has 41 heavy (non-hydrogen) atoms. The highest BCUT2D eigenvalue weighted by molar-refractivity contribution is 7.92. The highest BCUT2D eigenvalue weighted by atomic mass is 32.2. The molecule has 0 spiro atoms. The molecule has 0 radical (unpaired) electrons. The quantitative estimate of drug-likeness (QED) is 0.150. The minimum Gasteiger partial charge on any atom is -0.324 e. The molecule has 0 aromatic heterocycles. The van der Waals surface area contributed by atoms with E-state index in [-0.39, 0.29) is 27.5 Å². The second-order valence-electron chi connectivity index (χ2n) is 10.4. The van der Waals surface area contributed by atoms with E-state index in [1.54, 1.807) is 48.5 Å². The Morgan fingerprint density at radius 2 is 1.46 bits per heavy atom. The summed E-state index contributed by atoms with van der Waals surface area (Å²) in [5, 5.41) is 13.8. The van der Waals surface area contributed by atoms with Gasteiger partial charge in [0.25, 0.3) is 15.7 Å². The standard InChI is InChI=1S/C31H29N3O6S/c1-31(2,3)24-14-12-22(13-15-24)30(36)23-8-7-9-25(20-23)32-29(35)21-33(26-16-18-27(19-17-26)34(37)38)41(39,40)28-10-5-4-6-11-28/h4-20H,21H2,1-3H3,(H,32,35). The zero-order valence-electron chi connectivity index (χ0n) is 22.8. The number of nitro benzene ring substituents is 1. The molecule has 0 aliphatic heterocycles. The molecule has 0 saturated heterocycles. The molecule has 4 rings (SSSR count). The molecular weight excluding hydrogens is 542 g/mol. The summed E-state index contributed by atoms with van der Waals surface area (Å²) in [6.45, 7) is 5.65. The number of nitro groups is 1. The van der Waals surface area contributed by atoms with Crippen molar-refractivity contribution in [2.75, 3.05) is 16.2 Å². The van der Waals surface area contributed by atoms with Crippen molar-refractivity contribution in [3.8, 4) is 0 Å². The number of hydrogen-bond acceptors (Lipinski definition) is 6. The van der Waals surface area contributed by atoms with E-state index in [1.807, 2.05) is 12.1 Å². The number of non-ortho nitro benzene ring substituents is 1. The Balaban J connectivity index is 1.57. The van der Waals surface area contributed by atoms with E-state index in [1.165, 1.54) is 42.5 Å². The van der Waals surface area contributed by atoms with Crippen LogP contribution in [0.5, 0.6) is 0 Å². The summed E-state index contributed by atoms with van der Waals surface area (Å²) in [7, 11) is -4.20. The fraction of sp³-hybridized carbons (Fsp3) is 0.161. The van der Waals surface area contributed by atoms with Gasteiger partial charge in [0.2, 0.25) is 5.91 Å². The first-order valence-corrected chi connectivity index (χ1v) is 14.2. The van der Waals surface area contributed by atoms with Crippen molar-refractivity contribution in [3.05, 3.63) is 130 Å². The zero-order valence-corrected chi connectivity index (χ0v) is 23.6. The molecule has 0 aliphatic carbocycles. The molecule has 0 bridgehead atoms. The molecule has 0 unspecified atom stereocenters. The Bertz CT molecular complexity index is 1680. The fourth-order valence-electron chi connectivity index (χ4n) is 4.13. The molecule has 210 valence electrons. The number of nitrogens with zero attached hydrogens (tertiary/aromatic N) is 2. The van der Waals surface area contributed by atoms with Gasteiger partial charge >= 0.3 is 0 Å². The summed E-state index contributed by atoms with van der Waals surface area (Å²) in [6, 6.07) is 26.2. The van der Waals surface area contributed by atoms with Crippen LogP contribution in [0.25, 0.3) is 0 Å². The first kappa shape index (κ1) is 29.2. The largest absolute Gasteiger partial charge is 0.324 e. The van der Waals surface area contributed by atoms with Crippen LogP contribution in [0.1, 0.15) is 42.3 Å². The van der Waals surface area contributed by atoms with Gasteiger partial charge < -0.3 is 5.32 Å². The summed E-state index contributed by atoms with van der Waals surface area (Å²) in [6.07, 6.45) is 0. The van der Waals surface area contributed by atoms with Gasteiger partial charge in [0.1, 0.15) is 6.54 Å². The molecule has 1 N–H and O–H groups in total. The lowest BCUT2D eigenvalue weighted by atomic mass is 9.86. The Labute approximate surface area is 238 Å². The topological polar surface area (TPSA) is 127 Å². The average Bonchev–Trinajstić information content (AvgIpc) is 2.95. The number of hydrogen-bond donors (Lipinski definition) is 1. The summed E-state index contributed by atoms with van der Waals surface area (Å²) in [4.78, 5) is 36.7. The molecule has 4 aromatic carbocycles. The Morgan fingerprint density at radius 1 is 0.829 bits per heavy atom. The first-order chi connectivity index (χ1) is 19.4. The van der Waals surface area contributed by atoms with Crippen LogP contribution in [0.2, 0.25) is 0 Å². The van der Waals surface area contributed by atoms with E-state index in [2.05, 4.69) is 26.1 Å². The van der Waals surface area contributed by atoms with Crippen LogP contribution in [0.4, 0.5) is 17.1 Å². The lowest BCUT2D eigenvalue weighted by molar-refractivity contribution is -0.384. The van der Waals surface area contributed by atoms with Gasteiger partial charge in [-0.2, -0.15) is 0 Å². The number of nitrogens with one attached hydrogen (secondary N) is 1. The number of sulfonamides is 1. The van der Waals surface area contributed by atoms with Crippen molar-refractivity contribution < 1.29 is 22.9 Å². The van der Waals surface area contributed by atoms with Crippen molar-refractivity contribution in [1.29, 1.82) is 0 Å². The van der Waals surface area contributed by atoms with Gasteiger partial charge in [-0.3, -0.25) is 24.0 Å². The van der Waals surface area contributed by atoms with E-state index in [4.69, 9.17) is 0 Å². The number of carbonyl (C=O) groups is 2. The third-order valence-electron chi connectivity index (χ3n) is 6.39. The van der Waals surface area contributed by atoms with Crippen LogP contribution >= 0.6 is 0 Å². The number of ketones is 1. The maximum atomic E-state index is 13.5. The van der Waals surface area contributed by atoms with E-state index in [9.17, 15) is 28.1 Å². The fourth-order valence-corrected chi connectivity index (χ4v) is 5.57. The first-order valence-electron chi connectivity index (χ1n) is 12.7. The van der Waals surface area contributed by atoms with Crippen molar-refractivity contribution in [3.63, 3.8) is 0 Å². The highest BCUT2D eigenvalue weighted by Gasteiger charge is 2.28. The normalized spacial score (nSPS) is 11.5. The van der Waals surface area contributed by atoms with Crippen molar-refractivity contribution in [1.82, 2.24) is 0 Å². The van der Waals surface area contributed by atoms with Crippen molar-refractivity contribution in [2.45, 2.75) is 31.1 Å². The average molecular weight is 572 g/mol. The Hall–Kier alpha value is -4.83. The number of benzene rings is 4. The summed E-state index contributed by atoms with van der Waals surface area (Å²) >= 11 is 0. The molecule has 9 nitrogen and oxygen atoms in total. The minimum absolute atomic E-state index is 0.0452. The molecular formula is C31H29N3O6S. The molecule has 10 heteroatoms. The van der Waals surface area contributed by atoms with E-state index < -0.39 is 27.4 Å². The van der Waals surface area contributed by atoms with Crippen molar-refractivity contribution >= 4 is 38.8 Å². The van der Waals surface area contributed by atoms with Crippen molar-refractivity contribution in [2.24, 2.45) is 0 Å². The molecule has 0 atom stereocenters. The molecule has 0 heterocycles. The maximum absolute atomic E-state index is 13.5. The second-order valence-corrected chi connectivity index (χ2v) is 12.2. The summed E-state index contributed by atoms with van der Waals surface area (Å²) < 4.78 is 27.9. The minimum atomic E-state index is -4.20. The van der Waals surface area contributed by atoms with Gasteiger partial charge in [-0.1, -0.05) is 75.4 Å². The van der Waals surface area contributed by atoms with Gasteiger partial charge in [0, 0.05) is 28.9 Å². The maximum Gasteiger partial charge on any atom is 0.269 e. The van der Waals surface area contributed by atoms with E-state index >= 15 is 0 Å². The molecule has 0 aliphatic rings. The Morgan fingerprint density at radius 3 is 2.05 bits per heavy atom. The third-order valence-corrected chi connectivity index (χ3v) is 8.18. The van der Waals surface area contributed by atoms with Crippen LogP contribution in [0.15, 0.2) is 108 Å². The SMILES string of the molecule is CC(C)(C)c1ccc(C(=O)c2cccc(NC(=O)CN(c3ccc([N+](=O)[O-])cc3)S(=O)(=O)c3ccccc3)c2)cc1. The highest BCUT2D eigenvalue weighted by Crippen LogP contribution is 2.27. The van der Waals surface area contributed by atoms with Crippen LogP contribution in [-0.4, -0.2) is 31.6 Å².